The van der Waals surface area contributed by atoms with Crippen molar-refractivity contribution in [3.8, 4) is 0 Å². The van der Waals surface area contributed by atoms with E-state index in [1.807, 2.05) is 12.3 Å². The van der Waals surface area contributed by atoms with Crippen LogP contribution >= 0.6 is 0 Å². The Morgan fingerprint density at radius 3 is 2.85 bits per heavy atom. The fraction of sp³-hybridized carbons (Fsp3) is 0.500. The molecule has 4 nitrogen and oxygen atoms in total. The number of pyridine rings is 1. The standard InChI is InChI=1S/C16H22N4/c1-2-6-16(7-3-1)20-10-8-15(19-20)13-18-12-14-5-4-9-17-11-14/h4-5,8-11,16,18H,1-3,6-7,12-13H2. The normalized spacial score (nSPS) is 16.4. The second kappa shape index (κ2) is 6.66. The van der Waals surface area contributed by atoms with Crippen molar-refractivity contribution < 1.29 is 0 Å². The molecule has 0 aliphatic heterocycles. The van der Waals surface area contributed by atoms with Crippen LogP contribution in [0.4, 0.5) is 0 Å². The van der Waals surface area contributed by atoms with Gasteiger partial charge in [-0.15, -0.1) is 0 Å². The summed E-state index contributed by atoms with van der Waals surface area (Å²) in [6, 6.07) is 6.80. The van der Waals surface area contributed by atoms with E-state index in [9.17, 15) is 0 Å². The van der Waals surface area contributed by atoms with Crippen LogP contribution in [0, 0.1) is 0 Å². The van der Waals surface area contributed by atoms with E-state index in [4.69, 9.17) is 5.10 Å². The van der Waals surface area contributed by atoms with Crippen LogP contribution in [0.25, 0.3) is 0 Å². The van der Waals surface area contributed by atoms with Gasteiger partial charge < -0.3 is 5.32 Å². The van der Waals surface area contributed by atoms with Gasteiger partial charge in [0.05, 0.1) is 11.7 Å². The van der Waals surface area contributed by atoms with Crippen molar-refractivity contribution in [2.24, 2.45) is 0 Å². The second-order valence-corrected chi connectivity index (χ2v) is 5.54. The van der Waals surface area contributed by atoms with Gasteiger partial charge in [0, 0.05) is 31.7 Å². The first-order valence-electron chi connectivity index (χ1n) is 7.55. The lowest BCUT2D eigenvalue weighted by Gasteiger charge is -2.21. The van der Waals surface area contributed by atoms with Crippen LogP contribution < -0.4 is 5.32 Å². The summed E-state index contributed by atoms with van der Waals surface area (Å²) in [7, 11) is 0. The van der Waals surface area contributed by atoms with Crippen LogP contribution in [0.3, 0.4) is 0 Å². The van der Waals surface area contributed by atoms with Crippen LogP contribution in [-0.4, -0.2) is 14.8 Å². The number of nitrogens with one attached hydrogen (secondary N) is 1. The molecule has 20 heavy (non-hydrogen) atoms. The van der Waals surface area contributed by atoms with E-state index in [-0.39, 0.29) is 0 Å². The smallest absolute Gasteiger partial charge is 0.0762 e. The fourth-order valence-electron chi connectivity index (χ4n) is 2.86. The topological polar surface area (TPSA) is 42.7 Å². The van der Waals surface area contributed by atoms with Gasteiger partial charge in [-0.25, -0.2) is 0 Å². The predicted molar refractivity (Wildman–Crippen MR) is 79.1 cm³/mol. The number of hydrogen-bond donors (Lipinski definition) is 1. The second-order valence-electron chi connectivity index (χ2n) is 5.54. The van der Waals surface area contributed by atoms with E-state index in [0.717, 1.165) is 18.8 Å². The molecule has 1 aliphatic carbocycles. The summed E-state index contributed by atoms with van der Waals surface area (Å²) in [5.74, 6) is 0. The molecule has 0 unspecified atom stereocenters. The predicted octanol–water partition coefficient (Wildman–Crippen LogP) is 3.07. The summed E-state index contributed by atoms with van der Waals surface area (Å²) in [5.41, 5.74) is 2.33. The molecule has 106 valence electrons. The monoisotopic (exact) mass is 270 g/mol. The molecule has 0 radical (unpaired) electrons. The van der Waals surface area contributed by atoms with Crippen molar-refractivity contribution in [2.45, 2.75) is 51.2 Å². The molecule has 3 rings (SSSR count). The summed E-state index contributed by atoms with van der Waals surface area (Å²) in [4.78, 5) is 4.12. The molecule has 1 N–H and O–H groups in total. The van der Waals surface area contributed by atoms with E-state index in [1.54, 1.807) is 6.20 Å². The number of hydrogen-bond acceptors (Lipinski definition) is 3. The lowest BCUT2D eigenvalue weighted by atomic mass is 9.96. The van der Waals surface area contributed by atoms with E-state index in [1.165, 1.54) is 37.7 Å². The summed E-state index contributed by atoms with van der Waals surface area (Å²) in [5, 5.41) is 8.12. The highest BCUT2D eigenvalue weighted by Gasteiger charge is 2.15. The Morgan fingerprint density at radius 2 is 2.05 bits per heavy atom. The summed E-state index contributed by atoms with van der Waals surface area (Å²) in [6.07, 6.45) is 12.5. The Balaban J connectivity index is 1.50. The van der Waals surface area contributed by atoms with Gasteiger partial charge >= 0.3 is 0 Å². The molecule has 2 aromatic heterocycles. The van der Waals surface area contributed by atoms with Gasteiger partial charge in [-0.1, -0.05) is 25.3 Å². The van der Waals surface area contributed by atoms with Crippen molar-refractivity contribution >= 4 is 0 Å². The zero-order valence-electron chi connectivity index (χ0n) is 11.8. The number of nitrogens with zero attached hydrogens (tertiary/aromatic N) is 3. The SMILES string of the molecule is c1cncc(CNCc2ccn(C3CCCCC3)n2)c1. The molecule has 0 bridgehead atoms. The van der Waals surface area contributed by atoms with Gasteiger partial charge in [-0.05, 0) is 30.5 Å². The molecular weight excluding hydrogens is 248 g/mol. The zero-order valence-corrected chi connectivity index (χ0v) is 11.8. The molecular formula is C16H22N4. The molecule has 0 saturated heterocycles. The van der Waals surface area contributed by atoms with Gasteiger partial charge in [0.1, 0.15) is 0 Å². The highest BCUT2D eigenvalue weighted by atomic mass is 15.3. The summed E-state index contributed by atoms with van der Waals surface area (Å²) in [6.45, 7) is 1.65. The lowest BCUT2D eigenvalue weighted by Crippen LogP contribution is -2.16. The fourth-order valence-corrected chi connectivity index (χ4v) is 2.86. The van der Waals surface area contributed by atoms with E-state index in [2.05, 4.69) is 33.3 Å². The maximum absolute atomic E-state index is 4.70. The lowest BCUT2D eigenvalue weighted by molar-refractivity contribution is 0.327. The van der Waals surface area contributed by atoms with Gasteiger partial charge in [0.25, 0.3) is 0 Å². The van der Waals surface area contributed by atoms with Crippen LogP contribution in [0.15, 0.2) is 36.8 Å². The third kappa shape index (κ3) is 3.45. The molecule has 1 saturated carbocycles. The summed E-state index contributed by atoms with van der Waals surface area (Å²) < 4.78 is 2.17. The Labute approximate surface area is 120 Å². The van der Waals surface area contributed by atoms with Gasteiger partial charge in [-0.2, -0.15) is 5.10 Å². The first-order valence-corrected chi connectivity index (χ1v) is 7.55. The zero-order chi connectivity index (χ0) is 13.6. The highest BCUT2D eigenvalue weighted by Crippen LogP contribution is 2.27. The van der Waals surface area contributed by atoms with Crippen LogP contribution in [0.1, 0.15) is 49.4 Å². The van der Waals surface area contributed by atoms with Crippen LogP contribution in [0.5, 0.6) is 0 Å². The molecule has 2 aromatic rings. The minimum absolute atomic E-state index is 0.621. The van der Waals surface area contributed by atoms with Gasteiger partial charge in [0.15, 0.2) is 0 Å². The highest BCUT2D eigenvalue weighted by molar-refractivity contribution is 5.08. The Morgan fingerprint density at radius 1 is 1.15 bits per heavy atom. The van der Waals surface area contributed by atoms with Gasteiger partial charge in [0.2, 0.25) is 0 Å². The molecule has 1 fully saturated rings. The third-order valence-corrected chi connectivity index (χ3v) is 3.97. The van der Waals surface area contributed by atoms with E-state index >= 15 is 0 Å². The molecule has 0 aromatic carbocycles. The Hall–Kier alpha value is -1.68. The Kier molecular flexibility index (Phi) is 4.43. The first kappa shape index (κ1) is 13.3. The van der Waals surface area contributed by atoms with Crippen molar-refractivity contribution in [2.75, 3.05) is 0 Å². The third-order valence-electron chi connectivity index (χ3n) is 3.97. The molecule has 0 atom stereocenters. The van der Waals surface area contributed by atoms with Crippen molar-refractivity contribution in [1.82, 2.24) is 20.1 Å². The molecule has 0 spiro atoms. The largest absolute Gasteiger partial charge is 0.307 e. The molecule has 0 amide bonds. The van der Waals surface area contributed by atoms with Crippen molar-refractivity contribution in [3.63, 3.8) is 0 Å². The van der Waals surface area contributed by atoms with Crippen LogP contribution in [-0.2, 0) is 13.1 Å². The molecule has 4 heteroatoms. The minimum Gasteiger partial charge on any atom is -0.307 e. The minimum atomic E-state index is 0.621. The average Bonchev–Trinajstić information content (AvgIpc) is 2.98. The van der Waals surface area contributed by atoms with Crippen LogP contribution in [0.2, 0.25) is 0 Å². The molecule has 1 aliphatic rings. The number of rotatable bonds is 5. The Bertz CT molecular complexity index is 514. The maximum Gasteiger partial charge on any atom is 0.0762 e. The quantitative estimate of drug-likeness (QED) is 0.908. The summed E-state index contributed by atoms with van der Waals surface area (Å²) >= 11 is 0. The van der Waals surface area contributed by atoms with E-state index in [0.29, 0.717) is 6.04 Å². The first-order chi connectivity index (χ1) is 9.92. The van der Waals surface area contributed by atoms with Crippen molar-refractivity contribution in [1.29, 1.82) is 0 Å². The maximum atomic E-state index is 4.70. The molecule has 2 heterocycles. The van der Waals surface area contributed by atoms with Gasteiger partial charge in [-0.3, -0.25) is 9.67 Å². The number of aromatic nitrogens is 3. The average molecular weight is 270 g/mol. The van der Waals surface area contributed by atoms with Crippen molar-refractivity contribution in [3.05, 3.63) is 48.0 Å². The van der Waals surface area contributed by atoms with E-state index < -0.39 is 0 Å².